The molecule has 0 bridgehead atoms. The van der Waals surface area contributed by atoms with E-state index in [-0.39, 0.29) is 11.7 Å². The number of carbonyl (C=O) groups is 1. The summed E-state index contributed by atoms with van der Waals surface area (Å²) in [6.07, 6.45) is 1.77. The van der Waals surface area contributed by atoms with Crippen molar-refractivity contribution in [3.05, 3.63) is 81.2 Å². The molecule has 0 aliphatic carbocycles. The third-order valence-electron chi connectivity index (χ3n) is 3.31. The van der Waals surface area contributed by atoms with E-state index in [9.17, 15) is 9.18 Å². The zero-order chi connectivity index (χ0) is 17.1. The fourth-order valence-corrected chi connectivity index (χ4v) is 2.66. The molecule has 0 unspecified atom stereocenters. The zero-order valence-electron chi connectivity index (χ0n) is 12.3. The smallest absolute Gasteiger partial charge is 0.256 e. The maximum absolute atomic E-state index is 12.9. The summed E-state index contributed by atoms with van der Waals surface area (Å²) in [6.45, 7) is 0.544. The molecule has 0 aliphatic rings. The van der Waals surface area contributed by atoms with Gasteiger partial charge in [-0.1, -0.05) is 23.7 Å². The maximum atomic E-state index is 12.9. The van der Waals surface area contributed by atoms with Gasteiger partial charge in [-0.15, -0.1) is 0 Å². The summed E-state index contributed by atoms with van der Waals surface area (Å²) in [5, 5.41) is 7.72. The van der Waals surface area contributed by atoms with Crippen LogP contribution in [0.15, 0.2) is 59.2 Å². The molecule has 0 saturated heterocycles. The van der Waals surface area contributed by atoms with Gasteiger partial charge in [-0.3, -0.25) is 9.48 Å². The van der Waals surface area contributed by atoms with Crippen LogP contribution < -0.4 is 5.32 Å². The number of anilines is 1. The number of nitrogens with one attached hydrogen (secondary N) is 1. The second kappa shape index (κ2) is 7.15. The minimum absolute atomic E-state index is 0.354. The van der Waals surface area contributed by atoms with Gasteiger partial charge in [0.05, 0.1) is 11.0 Å². The second-order valence-corrected chi connectivity index (χ2v) is 6.40. The number of aromatic nitrogens is 2. The Bertz CT molecular complexity index is 863. The highest BCUT2D eigenvalue weighted by atomic mass is 79.9. The van der Waals surface area contributed by atoms with Crippen LogP contribution in [0.5, 0.6) is 0 Å². The van der Waals surface area contributed by atoms with Crippen LogP contribution >= 0.6 is 27.5 Å². The van der Waals surface area contributed by atoms with Crippen molar-refractivity contribution in [2.75, 3.05) is 5.32 Å². The van der Waals surface area contributed by atoms with Crippen LogP contribution in [0.3, 0.4) is 0 Å². The van der Waals surface area contributed by atoms with Gasteiger partial charge in [0, 0.05) is 16.8 Å². The minimum Gasteiger partial charge on any atom is -0.304 e. The van der Waals surface area contributed by atoms with Gasteiger partial charge in [0.1, 0.15) is 5.82 Å². The van der Waals surface area contributed by atoms with Gasteiger partial charge in [-0.2, -0.15) is 5.10 Å². The molecular weight excluding hydrogens is 397 g/mol. The fourth-order valence-electron chi connectivity index (χ4n) is 2.12. The Morgan fingerprint density at radius 1 is 1.17 bits per heavy atom. The molecule has 0 atom stereocenters. The Balaban J connectivity index is 1.72. The van der Waals surface area contributed by atoms with Crippen LogP contribution in [0.1, 0.15) is 15.9 Å². The van der Waals surface area contributed by atoms with Crippen LogP contribution in [-0.4, -0.2) is 15.7 Å². The van der Waals surface area contributed by atoms with Gasteiger partial charge in [0.2, 0.25) is 0 Å². The average Bonchev–Trinajstić information content (AvgIpc) is 2.89. The summed E-state index contributed by atoms with van der Waals surface area (Å²) in [6, 6.07) is 12.8. The third-order valence-corrected chi connectivity index (χ3v) is 4.15. The summed E-state index contributed by atoms with van der Waals surface area (Å²) < 4.78 is 15.3. The van der Waals surface area contributed by atoms with Crippen LogP contribution in [0.25, 0.3) is 0 Å². The average molecular weight is 409 g/mol. The van der Waals surface area contributed by atoms with Crippen LogP contribution in [0.4, 0.5) is 10.2 Å². The first-order chi connectivity index (χ1) is 11.5. The molecule has 3 aromatic rings. The first-order valence-electron chi connectivity index (χ1n) is 7.05. The summed E-state index contributed by atoms with van der Waals surface area (Å²) in [4.78, 5) is 12.2. The fraction of sp³-hybridized carbons (Fsp3) is 0.0588. The molecule has 0 fully saturated rings. The SMILES string of the molecule is O=C(Nc1nn(Cc2ccc(Cl)cc2)cc1Br)c1ccc(F)cc1. The van der Waals surface area contributed by atoms with Gasteiger partial charge in [0.15, 0.2) is 5.82 Å². The second-order valence-electron chi connectivity index (χ2n) is 5.11. The molecule has 1 aromatic heterocycles. The van der Waals surface area contributed by atoms with E-state index in [0.717, 1.165) is 5.56 Å². The molecule has 0 saturated carbocycles. The molecule has 3 rings (SSSR count). The van der Waals surface area contributed by atoms with Gasteiger partial charge in [-0.25, -0.2) is 4.39 Å². The van der Waals surface area contributed by atoms with Crippen molar-refractivity contribution in [1.29, 1.82) is 0 Å². The monoisotopic (exact) mass is 407 g/mol. The molecule has 1 amide bonds. The first kappa shape index (κ1) is 16.7. The Labute approximate surface area is 151 Å². The number of rotatable bonds is 4. The molecule has 2 aromatic carbocycles. The highest BCUT2D eigenvalue weighted by Gasteiger charge is 2.12. The van der Waals surface area contributed by atoms with E-state index in [1.54, 1.807) is 10.9 Å². The standard InChI is InChI=1S/C17H12BrClFN3O/c18-15-10-23(9-11-1-5-13(19)6-2-11)22-16(15)21-17(24)12-3-7-14(20)8-4-12/h1-8,10H,9H2,(H,21,22,24). The normalized spacial score (nSPS) is 10.6. The molecule has 0 radical (unpaired) electrons. The summed E-state index contributed by atoms with van der Waals surface area (Å²) in [5.41, 5.74) is 1.39. The van der Waals surface area contributed by atoms with Crippen LogP contribution in [0, 0.1) is 5.82 Å². The van der Waals surface area contributed by atoms with E-state index >= 15 is 0 Å². The Morgan fingerprint density at radius 2 is 1.83 bits per heavy atom. The summed E-state index contributed by atoms with van der Waals surface area (Å²) in [7, 11) is 0. The van der Waals surface area contributed by atoms with Crippen molar-refractivity contribution in [2.24, 2.45) is 0 Å². The minimum atomic E-state index is -0.389. The highest BCUT2D eigenvalue weighted by Crippen LogP contribution is 2.22. The lowest BCUT2D eigenvalue weighted by Crippen LogP contribution is -2.13. The Morgan fingerprint density at radius 3 is 2.50 bits per heavy atom. The number of carbonyl (C=O) groups excluding carboxylic acids is 1. The molecule has 24 heavy (non-hydrogen) atoms. The van der Waals surface area contributed by atoms with E-state index in [2.05, 4.69) is 26.3 Å². The van der Waals surface area contributed by atoms with Gasteiger partial charge in [-0.05, 0) is 57.9 Å². The molecule has 122 valence electrons. The van der Waals surface area contributed by atoms with Crippen molar-refractivity contribution in [3.63, 3.8) is 0 Å². The number of halogens is 3. The molecule has 7 heteroatoms. The van der Waals surface area contributed by atoms with E-state index in [4.69, 9.17) is 11.6 Å². The first-order valence-corrected chi connectivity index (χ1v) is 8.23. The van der Waals surface area contributed by atoms with Crippen molar-refractivity contribution in [1.82, 2.24) is 9.78 Å². The van der Waals surface area contributed by atoms with Crippen molar-refractivity contribution in [2.45, 2.75) is 6.54 Å². The van der Waals surface area contributed by atoms with Gasteiger partial charge < -0.3 is 5.32 Å². The molecule has 1 N–H and O–H groups in total. The van der Waals surface area contributed by atoms with E-state index in [1.165, 1.54) is 24.3 Å². The number of benzene rings is 2. The molecule has 0 spiro atoms. The predicted octanol–water partition coefficient (Wildman–Crippen LogP) is 4.74. The van der Waals surface area contributed by atoms with Gasteiger partial charge in [0.25, 0.3) is 5.91 Å². The van der Waals surface area contributed by atoms with Crippen LogP contribution in [-0.2, 0) is 6.54 Å². The van der Waals surface area contributed by atoms with Gasteiger partial charge >= 0.3 is 0 Å². The largest absolute Gasteiger partial charge is 0.304 e. The third kappa shape index (κ3) is 4.01. The number of hydrogen-bond donors (Lipinski definition) is 1. The number of hydrogen-bond acceptors (Lipinski definition) is 2. The lowest BCUT2D eigenvalue weighted by Gasteiger charge is -2.03. The van der Waals surface area contributed by atoms with Crippen molar-refractivity contribution < 1.29 is 9.18 Å². The molecule has 0 aliphatic heterocycles. The number of nitrogens with zero attached hydrogens (tertiary/aromatic N) is 2. The van der Waals surface area contributed by atoms with E-state index in [1.807, 2.05) is 24.3 Å². The lowest BCUT2D eigenvalue weighted by molar-refractivity contribution is 0.102. The lowest BCUT2D eigenvalue weighted by atomic mass is 10.2. The highest BCUT2D eigenvalue weighted by molar-refractivity contribution is 9.10. The maximum Gasteiger partial charge on any atom is 0.256 e. The Hall–Kier alpha value is -2.18. The van der Waals surface area contributed by atoms with Crippen LogP contribution in [0.2, 0.25) is 5.02 Å². The molecule has 4 nitrogen and oxygen atoms in total. The predicted molar refractivity (Wildman–Crippen MR) is 94.8 cm³/mol. The van der Waals surface area contributed by atoms with E-state index < -0.39 is 0 Å². The topological polar surface area (TPSA) is 46.9 Å². The van der Waals surface area contributed by atoms with Crippen molar-refractivity contribution in [3.8, 4) is 0 Å². The summed E-state index contributed by atoms with van der Waals surface area (Å²) in [5.74, 6) is -0.342. The number of amides is 1. The van der Waals surface area contributed by atoms with E-state index in [0.29, 0.717) is 27.4 Å². The summed E-state index contributed by atoms with van der Waals surface area (Å²) >= 11 is 9.24. The molecular formula is C17H12BrClFN3O. The quantitative estimate of drug-likeness (QED) is 0.678. The molecule has 1 heterocycles. The van der Waals surface area contributed by atoms with Crippen molar-refractivity contribution >= 4 is 39.3 Å². The Kier molecular flexibility index (Phi) is 4.97. The zero-order valence-corrected chi connectivity index (χ0v) is 14.7.